The molecule has 0 aliphatic carbocycles. The molecular weight excluding hydrogens is 277 g/mol. The lowest BCUT2D eigenvalue weighted by atomic mass is 10.2. The van der Waals surface area contributed by atoms with E-state index in [9.17, 15) is 22.7 Å². The number of carbonyl (C=O) groups is 1. The minimum absolute atomic E-state index is 0.181. The monoisotopic (exact) mass is 288 g/mol. The number of benzene rings is 1. The van der Waals surface area contributed by atoms with Gasteiger partial charge in [-0.1, -0.05) is 0 Å². The molecule has 1 aromatic carbocycles. The van der Waals surface area contributed by atoms with Crippen LogP contribution in [0.2, 0.25) is 0 Å². The number of rotatable bonds is 3. The number of morpholine rings is 1. The van der Waals surface area contributed by atoms with Gasteiger partial charge in [-0.05, 0) is 18.2 Å². The molecule has 104 valence electrons. The van der Waals surface area contributed by atoms with Crippen LogP contribution in [0.5, 0.6) is 0 Å². The normalized spacial score (nSPS) is 17.3. The SMILES string of the molecule is O=C([O-])c1cc(S(=O)(=O)N2CCOCC2)ccc1F. The Morgan fingerprint density at radius 2 is 1.95 bits per heavy atom. The Balaban J connectivity index is 2.40. The fourth-order valence-electron chi connectivity index (χ4n) is 1.76. The Hall–Kier alpha value is -1.51. The van der Waals surface area contributed by atoms with Crippen LogP contribution >= 0.6 is 0 Å². The van der Waals surface area contributed by atoms with Gasteiger partial charge in [0.25, 0.3) is 0 Å². The predicted octanol–water partition coefficient (Wildman–Crippen LogP) is -0.790. The number of carbonyl (C=O) groups excluding carboxylic acids is 1. The molecule has 1 fully saturated rings. The van der Waals surface area contributed by atoms with E-state index in [0.29, 0.717) is 0 Å². The van der Waals surface area contributed by atoms with Crippen molar-refractivity contribution in [1.29, 1.82) is 0 Å². The van der Waals surface area contributed by atoms with Crippen molar-refractivity contribution in [3.05, 3.63) is 29.6 Å². The molecule has 1 heterocycles. The van der Waals surface area contributed by atoms with Crippen molar-refractivity contribution in [2.75, 3.05) is 26.3 Å². The molecule has 0 spiro atoms. The van der Waals surface area contributed by atoms with Gasteiger partial charge in [0, 0.05) is 18.7 Å². The van der Waals surface area contributed by atoms with Gasteiger partial charge >= 0.3 is 0 Å². The van der Waals surface area contributed by atoms with E-state index in [2.05, 4.69) is 0 Å². The smallest absolute Gasteiger partial charge is 0.243 e. The van der Waals surface area contributed by atoms with Gasteiger partial charge in [-0.15, -0.1) is 0 Å². The van der Waals surface area contributed by atoms with E-state index in [1.54, 1.807) is 0 Å². The summed E-state index contributed by atoms with van der Waals surface area (Å²) < 4.78 is 43.8. The van der Waals surface area contributed by atoms with Crippen molar-refractivity contribution >= 4 is 16.0 Å². The second-order valence-corrected chi connectivity index (χ2v) is 5.88. The van der Waals surface area contributed by atoms with Crippen molar-refractivity contribution in [1.82, 2.24) is 4.31 Å². The molecule has 2 rings (SSSR count). The molecule has 0 N–H and O–H groups in total. The molecule has 1 saturated heterocycles. The Morgan fingerprint density at radius 1 is 1.32 bits per heavy atom. The Kier molecular flexibility index (Phi) is 3.83. The molecule has 1 aliphatic heterocycles. The van der Waals surface area contributed by atoms with Crippen LogP contribution in [0.3, 0.4) is 0 Å². The van der Waals surface area contributed by atoms with Gasteiger partial charge in [0.05, 0.1) is 24.1 Å². The summed E-state index contributed by atoms with van der Waals surface area (Å²) in [6, 6.07) is 2.61. The maximum absolute atomic E-state index is 13.2. The number of halogens is 1. The average Bonchev–Trinajstić information content (AvgIpc) is 2.39. The van der Waals surface area contributed by atoms with Crippen molar-refractivity contribution in [3.63, 3.8) is 0 Å². The van der Waals surface area contributed by atoms with Crippen molar-refractivity contribution < 1.29 is 27.4 Å². The second-order valence-electron chi connectivity index (χ2n) is 3.95. The average molecular weight is 288 g/mol. The Bertz CT molecular complexity index is 595. The molecule has 8 heteroatoms. The van der Waals surface area contributed by atoms with Crippen LogP contribution < -0.4 is 5.11 Å². The molecule has 0 atom stereocenters. The van der Waals surface area contributed by atoms with E-state index < -0.39 is 27.4 Å². The molecule has 6 nitrogen and oxygen atoms in total. The van der Waals surface area contributed by atoms with Gasteiger partial charge in [0.15, 0.2) is 0 Å². The lowest BCUT2D eigenvalue weighted by molar-refractivity contribution is -0.255. The summed E-state index contributed by atoms with van der Waals surface area (Å²) in [6.45, 7) is 0.905. The molecule has 0 bridgehead atoms. The van der Waals surface area contributed by atoms with Crippen LogP contribution in [-0.4, -0.2) is 45.0 Å². The quantitative estimate of drug-likeness (QED) is 0.727. The number of sulfonamides is 1. The number of hydrogen-bond donors (Lipinski definition) is 0. The molecular formula is C11H11FNO5S-. The third-order valence-corrected chi connectivity index (χ3v) is 4.66. The number of carboxylic acid groups (broad SMARTS) is 1. The highest BCUT2D eigenvalue weighted by Gasteiger charge is 2.27. The van der Waals surface area contributed by atoms with Crippen molar-refractivity contribution in [2.45, 2.75) is 4.90 Å². The number of ether oxygens (including phenoxy) is 1. The minimum atomic E-state index is -3.84. The van der Waals surface area contributed by atoms with Crippen LogP contribution in [0.25, 0.3) is 0 Å². The van der Waals surface area contributed by atoms with E-state index in [1.165, 1.54) is 4.31 Å². The molecule has 19 heavy (non-hydrogen) atoms. The standard InChI is InChI=1S/C11H12FNO5S/c12-10-2-1-8(7-9(10)11(14)15)19(16,17)13-3-5-18-6-4-13/h1-2,7H,3-6H2,(H,14,15)/p-1. The summed E-state index contributed by atoms with van der Waals surface area (Å²) >= 11 is 0. The van der Waals surface area contributed by atoms with Gasteiger partial charge in [-0.25, -0.2) is 12.8 Å². The van der Waals surface area contributed by atoms with Crippen molar-refractivity contribution in [3.8, 4) is 0 Å². The second kappa shape index (κ2) is 5.24. The Morgan fingerprint density at radius 3 is 2.53 bits per heavy atom. The van der Waals surface area contributed by atoms with Gasteiger partial charge in [-0.3, -0.25) is 0 Å². The molecule has 0 aromatic heterocycles. The van der Waals surface area contributed by atoms with Crippen LogP contribution in [0.15, 0.2) is 23.1 Å². The van der Waals surface area contributed by atoms with E-state index in [-0.39, 0.29) is 31.2 Å². The molecule has 0 radical (unpaired) electrons. The topological polar surface area (TPSA) is 86.7 Å². The fourth-order valence-corrected chi connectivity index (χ4v) is 3.19. The van der Waals surface area contributed by atoms with E-state index in [1.807, 2.05) is 0 Å². The first-order chi connectivity index (χ1) is 8.93. The Labute approximate surface area is 109 Å². The van der Waals surface area contributed by atoms with Crippen LogP contribution in [-0.2, 0) is 14.8 Å². The van der Waals surface area contributed by atoms with Gasteiger partial charge < -0.3 is 14.6 Å². The zero-order valence-electron chi connectivity index (χ0n) is 9.84. The van der Waals surface area contributed by atoms with E-state index >= 15 is 0 Å². The summed E-state index contributed by atoms with van der Waals surface area (Å²) in [5.41, 5.74) is -0.769. The largest absolute Gasteiger partial charge is 0.545 e. The minimum Gasteiger partial charge on any atom is -0.545 e. The lowest BCUT2D eigenvalue weighted by Crippen LogP contribution is -2.40. The fraction of sp³-hybridized carbons (Fsp3) is 0.364. The molecule has 0 amide bonds. The molecule has 0 unspecified atom stereocenters. The first-order valence-corrected chi connectivity index (χ1v) is 6.96. The predicted molar refractivity (Wildman–Crippen MR) is 60.3 cm³/mol. The maximum Gasteiger partial charge on any atom is 0.243 e. The number of aromatic carboxylic acids is 1. The highest BCUT2D eigenvalue weighted by molar-refractivity contribution is 7.89. The summed E-state index contributed by atoms with van der Waals surface area (Å²) in [6.07, 6.45) is 0. The van der Waals surface area contributed by atoms with Crippen molar-refractivity contribution in [2.24, 2.45) is 0 Å². The summed E-state index contributed by atoms with van der Waals surface area (Å²) in [4.78, 5) is 10.4. The van der Waals surface area contributed by atoms with Crippen LogP contribution in [0.1, 0.15) is 10.4 Å². The number of carboxylic acids is 1. The third kappa shape index (κ3) is 2.75. The van der Waals surface area contributed by atoms with E-state index in [4.69, 9.17) is 4.74 Å². The summed E-state index contributed by atoms with van der Waals surface area (Å²) in [5.74, 6) is -2.78. The summed E-state index contributed by atoms with van der Waals surface area (Å²) in [5, 5.41) is 10.7. The van der Waals surface area contributed by atoms with Gasteiger partial charge in [0.1, 0.15) is 5.82 Å². The lowest BCUT2D eigenvalue weighted by Gasteiger charge is -2.26. The first-order valence-electron chi connectivity index (χ1n) is 5.52. The zero-order chi connectivity index (χ0) is 14.0. The number of nitrogens with zero attached hydrogens (tertiary/aromatic N) is 1. The molecule has 0 saturated carbocycles. The maximum atomic E-state index is 13.2. The molecule has 1 aromatic rings. The third-order valence-electron chi connectivity index (χ3n) is 2.77. The van der Waals surface area contributed by atoms with Crippen LogP contribution in [0.4, 0.5) is 4.39 Å². The first kappa shape index (κ1) is 13.9. The van der Waals surface area contributed by atoms with Gasteiger partial charge in [-0.2, -0.15) is 4.31 Å². The summed E-state index contributed by atoms with van der Waals surface area (Å²) in [7, 11) is -3.84. The van der Waals surface area contributed by atoms with Gasteiger partial charge in [0.2, 0.25) is 10.0 Å². The number of hydrogen-bond acceptors (Lipinski definition) is 5. The highest BCUT2D eigenvalue weighted by atomic mass is 32.2. The van der Waals surface area contributed by atoms with E-state index in [0.717, 1.165) is 18.2 Å². The zero-order valence-corrected chi connectivity index (χ0v) is 10.7. The van der Waals surface area contributed by atoms with Crippen LogP contribution in [0, 0.1) is 5.82 Å². The highest BCUT2D eigenvalue weighted by Crippen LogP contribution is 2.19. The molecule has 1 aliphatic rings.